The quantitative estimate of drug-likeness (QED) is 0.526. The Morgan fingerprint density at radius 3 is 2.69 bits per heavy atom. The van der Waals surface area contributed by atoms with Crippen molar-refractivity contribution in [3.63, 3.8) is 0 Å². The number of carbonyl (C=O) groups is 2. The Kier molecular flexibility index (Phi) is 5.77. The minimum absolute atomic E-state index is 0.0530. The van der Waals surface area contributed by atoms with Crippen LogP contribution in [0.5, 0.6) is 0 Å². The number of carboxylic acids is 1. The van der Waals surface area contributed by atoms with Gasteiger partial charge in [-0.05, 0) is 43.1 Å². The third-order valence-electron chi connectivity index (χ3n) is 5.91. The summed E-state index contributed by atoms with van der Waals surface area (Å²) in [5.74, 6) is -0.297. The molecule has 5 heteroatoms. The standard InChI is InChI=1S/C21H27NO4/c1-2-10-26-14-18(19(23)24)22-20(25)21(12-15-6-4-3-5-7-15)13-16-8-9-17(21)11-16/h2-7,16-18H,1,8-14H2,(H,22,25)(H,23,24). The molecule has 5 nitrogen and oxygen atoms in total. The number of carboxylic acid groups (broad SMARTS) is 1. The van der Waals surface area contributed by atoms with Gasteiger partial charge < -0.3 is 15.2 Å². The van der Waals surface area contributed by atoms with Gasteiger partial charge in [-0.15, -0.1) is 6.58 Å². The zero-order valence-electron chi connectivity index (χ0n) is 15.0. The van der Waals surface area contributed by atoms with Crippen molar-refractivity contribution in [2.75, 3.05) is 13.2 Å². The topological polar surface area (TPSA) is 75.6 Å². The van der Waals surface area contributed by atoms with E-state index in [-0.39, 0.29) is 19.1 Å². The summed E-state index contributed by atoms with van der Waals surface area (Å²) in [6.07, 6.45) is 6.38. The van der Waals surface area contributed by atoms with E-state index in [4.69, 9.17) is 4.74 Å². The summed E-state index contributed by atoms with van der Waals surface area (Å²) >= 11 is 0. The van der Waals surface area contributed by atoms with E-state index in [1.165, 1.54) is 6.42 Å². The molecule has 0 spiro atoms. The molecule has 0 heterocycles. The minimum atomic E-state index is -1.07. The van der Waals surface area contributed by atoms with Crippen LogP contribution in [-0.4, -0.2) is 36.2 Å². The molecule has 2 saturated carbocycles. The monoisotopic (exact) mass is 357 g/mol. The number of amides is 1. The maximum atomic E-state index is 13.3. The minimum Gasteiger partial charge on any atom is -0.480 e. The highest BCUT2D eigenvalue weighted by molar-refractivity contribution is 5.88. The van der Waals surface area contributed by atoms with Gasteiger partial charge in [0.05, 0.1) is 18.6 Å². The van der Waals surface area contributed by atoms with Crippen LogP contribution in [0.3, 0.4) is 0 Å². The first-order chi connectivity index (χ1) is 12.5. The summed E-state index contributed by atoms with van der Waals surface area (Å²) in [6, 6.07) is 8.99. The van der Waals surface area contributed by atoms with Crippen molar-refractivity contribution in [2.45, 2.75) is 38.1 Å². The molecule has 1 amide bonds. The maximum Gasteiger partial charge on any atom is 0.328 e. The Bertz CT molecular complexity index is 659. The molecule has 0 aromatic heterocycles. The molecule has 2 N–H and O–H groups in total. The fourth-order valence-electron chi connectivity index (χ4n) is 4.72. The number of hydrogen-bond donors (Lipinski definition) is 2. The molecule has 2 aliphatic rings. The molecule has 4 atom stereocenters. The van der Waals surface area contributed by atoms with Crippen LogP contribution >= 0.6 is 0 Å². The normalized spacial score (nSPS) is 27.8. The van der Waals surface area contributed by atoms with Gasteiger partial charge in [0.15, 0.2) is 6.04 Å². The first-order valence-corrected chi connectivity index (χ1v) is 9.31. The molecule has 1 aromatic carbocycles. The molecular weight excluding hydrogens is 330 g/mol. The largest absolute Gasteiger partial charge is 0.480 e. The molecule has 2 aliphatic carbocycles. The van der Waals surface area contributed by atoms with E-state index in [1.807, 2.05) is 30.3 Å². The van der Waals surface area contributed by atoms with Gasteiger partial charge in [0.1, 0.15) is 0 Å². The van der Waals surface area contributed by atoms with E-state index in [1.54, 1.807) is 6.08 Å². The number of carbonyl (C=O) groups excluding carboxylic acids is 1. The Labute approximate surface area is 154 Å². The molecule has 0 saturated heterocycles. The lowest BCUT2D eigenvalue weighted by Crippen LogP contribution is -2.53. The van der Waals surface area contributed by atoms with Crippen molar-refractivity contribution >= 4 is 11.9 Å². The number of hydrogen-bond acceptors (Lipinski definition) is 3. The summed E-state index contributed by atoms with van der Waals surface area (Å²) in [7, 11) is 0. The lowest BCUT2D eigenvalue weighted by atomic mass is 9.68. The Balaban J connectivity index is 1.77. The van der Waals surface area contributed by atoms with Crippen LogP contribution in [0.1, 0.15) is 31.2 Å². The molecule has 2 bridgehead atoms. The highest BCUT2D eigenvalue weighted by Crippen LogP contribution is 2.57. The summed E-state index contributed by atoms with van der Waals surface area (Å²) in [6.45, 7) is 3.76. The molecule has 140 valence electrons. The fourth-order valence-corrected chi connectivity index (χ4v) is 4.72. The average molecular weight is 357 g/mol. The van der Waals surface area contributed by atoms with Gasteiger partial charge in [-0.25, -0.2) is 4.79 Å². The van der Waals surface area contributed by atoms with Crippen molar-refractivity contribution in [1.82, 2.24) is 5.32 Å². The van der Waals surface area contributed by atoms with E-state index in [9.17, 15) is 14.7 Å². The molecule has 0 aliphatic heterocycles. The number of fused-ring (bicyclic) bond motifs is 2. The first-order valence-electron chi connectivity index (χ1n) is 9.31. The van der Waals surface area contributed by atoms with Crippen molar-refractivity contribution in [3.8, 4) is 0 Å². The zero-order chi connectivity index (χ0) is 18.6. The molecule has 26 heavy (non-hydrogen) atoms. The molecule has 3 rings (SSSR count). The smallest absolute Gasteiger partial charge is 0.328 e. The SMILES string of the molecule is C=CCOCC(NC(=O)C1(Cc2ccccc2)CC2CCC1C2)C(=O)O. The van der Waals surface area contributed by atoms with Gasteiger partial charge in [-0.3, -0.25) is 4.79 Å². The van der Waals surface area contributed by atoms with E-state index in [0.29, 0.717) is 18.3 Å². The van der Waals surface area contributed by atoms with Crippen molar-refractivity contribution < 1.29 is 19.4 Å². The Morgan fingerprint density at radius 2 is 2.12 bits per heavy atom. The van der Waals surface area contributed by atoms with E-state index in [2.05, 4.69) is 11.9 Å². The van der Waals surface area contributed by atoms with E-state index < -0.39 is 17.4 Å². The molecule has 4 unspecified atom stereocenters. The van der Waals surface area contributed by atoms with Crippen LogP contribution in [0, 0.1) is 17.3 Å². The first kappa shape index (κ1) is 18.6. The predicted octanol–water partition coefficient (Wildman–Crippen LogP) is 2.81. The van der Waals surface area contributed by atoms with Crippen molar-refractivity contribution in [1.29, 1.82) is 0 Å². The van der Waals surface area contributed by atoms with E-state index in [0.717, 1.165) is 24.8 Å². The summed E-state index contributed by atoms with van der Waals surface area (Å²) in [5.41, 5.74) is 0.626. The third kappa shape index (κ3) is 3.83. The fraction of sp³-hybridized carbons (Fsp3) is 0.524. The third-order valence-corrected chi connectivity index (χ3v) is 5.91. The number of aliphatic carboxylic acids is 1. The van der Waals surface area contributed by atoms with Crippen LogP contribution in [0.4, 0.5) is 0 Å². The van der Waals surface area contributed by atoms with Crippen LogP contribution in [0.25, 0.3) is 0 Å². The van der Waals surface area contributed by atoms with Crippen LogP contribution in [0.2, 0.25) is 0 Å². The Morgan fingerprint density at radius 1 is 1.35 bits per heavy atom. The van der Waals surface area contributed by atoms with Gasteiger partial charge in [0.25, 0.3) is 0 Å². The average Bonchev–Trinajstić information content (AvgIpc) is 3.23. The van der Waals surface area contributed by atoms with Crippen LogP contribution in [0.15, 0.2) is 43.0 Å². The zero-order valence-corrected chi connectivity index (χ0v) is 15.0. The van der Waals surface area contributed by atoms with Gasteiger partial charge in [0.2, 0.25) is 5.91 Å². The summed E-state index contributed by atoms with van der Waals surface area (Å²) in [5, 5.41) is 12.2. The predicted molar refractivity (Wildman–Crippen MR) is 98.6 cm³/mol. The molecule has 0 radical (unpaired) electrons. The number of benzene rings is 1. The van der Waals surface area contributed by atoms with E-state index >= 15 is 0 Å². The maximum absolute atomic E-state index is 13.3. The second-order valence-corrected chi connectivity index (χ2v) is 7.59. The number of rotatable bonds is 9. The number of nitrogens with one attached hydrogen (secondary N) is 1. The second-order valence-electron chi connectivity index (χ2n) is 7.59. The van der Waals surface area contributed by atoms with Crippen LogP contribution in [-0.2, 0) is 20.7 Å². The lowest BCUT2D eigenvalue weighted by Gasteiger charge is -2.37. The summed E-state index contributed by atoms with van der Waals surface area (Å²) < 4.78 is 5.27. The Hall–Kier alpha value is -2.14. The van der Waals surface area contributed by atoms with Crippen molar-refractivity contribution in [2.24, 2.45) is 17.3 Å². The molecule has 1 aromatic rings. The van der Waals surface area contributed by atoms with Crippen molar-refractivity contribution in [3.05, 3.63) is 48.6 Å². The highest BCUT2D eigenvalue weighted by Gasteiger charge is 2.55. The van der Waals surface area contributed by atoms with Crippen LogP contribution < -0.4 is 5.32 Å². The highest BCUT2D eigenvalue weighted by atomic mass is 16.5. The van der Waals surface area contributed by atoms with Gasteiger partial charge in [-0.1, -0.05) is 42.8 Å². The number of ether oxygens (including phenoxy) is 1. The van der Waals surface area contributed by atoms with Gasteiger partial charge >= 0.3 is 5.97 Å². The molecular formula is C21H27NO4. The van der Waals surface area contributed by atoms with Gasteiger partial charge in [-0.2, -0.15) is 0 Å². The molecule has 2 fully saturated rings. The lowest BCUT2D eigenvalue weighted by molar-refractivity contribution is -0.146. The summed E-state index contributed by atoms with van der Waals surface area (Å²) in [4.78, 5) is 24.8. The second kappa shape index (κ2) is 8.04. The van der Waals surface area contributed by atoms with Gasteiger partial charge in [0, 0.05) is 0 Å².